The van der Waals surface area contributed by atoms with Gasteiger partial charge < -0.3 is 9.64 Å². The van der Waals surface area contributed by atoms with Crippen LogP contribution in [0.25, 0.3) is 0 Å². The smallest absolute Gasteiger partial charge is 0.225 e. The summed E-state index contributed by atoms with van der Waals surface area (Å²) in [6.07, 6.45) is 10.5. The number of hydrogen-bond acceptors (Lipinski definition) is 4. The molecule has 0 N–H and O–H groups in total. The summed E-state index contributed by atoms with van der Waals surface area (Å²) in [5, 5.41) is 0. The molecule has 17 heavy (non-hydrogen) atoms. The van der Waals surface area contributed by atoms with E-state index in [1.54, 1.807) is 19.5 Å². The van der Waals surface area contributed by atoms with Crippen molar-refractivity contribution in [2.24, 2.45) is 11.8 Å². The second kappa shape index (κ2) is 4.35. The number of aromatic nitrogens is 2. The van der Waals surface area contributed by atoms with Crippen molar-refractivity contribution in [2.75, 3.05) is 25.1 Å². The maximum Gasteiger partial charge on any atom is 0.225 e. The molecule has 1 aliphatic carbocycles. The van der Waals surface area contributed by atoms with Gasteiger partial charge in [-0.2, -0.15) is 0 Å². The SMILES string of the molecule is COc1cnc(N2C[C@H]3CC=CC[C@H]3C2)nc1. The molecule has 0 unspecified atom stereocenters. The fourth-order valence-electron chi connectivity index (χ4n) is 2.76. The minimum atomic E-state index is 0.715. The van der Waals surface area contributed by atoms with E-state index in [0.29, 0.717) is 5.75 Å². The van der Waals surface area contributed by atoms with E-state index in [1.165, 1.54) is 12.8 Å². The molecule has 1 fully saturated rings. The number of rotatable bonds is 2. The monoisotopic (exact) mass is 231 g/mol. The molecular formula is C13H17N3O. The van der Waals surface area contributed by atoms with Crippen molar-refractivity contribution >= 4 is 5.95 Å². The molecular weight excluding hydrogens is 214 g/mol. The van der Waals surface area contributed by atoms with Crippen LogP contribution < -0.4 is 9.64 Å². The molecule has 2 aliphatic rings. The van der Waals surface area contributed by atoms with Gasteiger partial charge in [0, 0.05) is 13.1 Å². The molecule has 1 aliphatic heterocycles. The topological polar surface area (TPSA) is 38.2 Å². The zero-order valence-electron chi connectivity index (χ0n) is 10.0. The average Bonchev–Trinajstić information content (AvgIpc) is 2.82. The standard InChI is InChI=1S/C13H17N3O/c1-17-12-6-14-13(15-7-12)16-8-10-4-2-3-5-11(10)9-16/h2-3,6-7,10-11H,4-5,8-9H2,1H3/t10-,11+. The lowest BCUT2D eigenvalue weighted by atomic mass is 9.86. The summed E-state index contributed by atoms with van der Waals surface area (Å²) in [5.41, 5.74) is 0. The molecule has 0 spiro atoms. The van der Waals surface area contributed by atoms with Crippen molar-refractivity contribution in [2.45, 2.75) is 12.8 Å². The number of anilines is 1. The molecule has 4 heteroatoms. The molecule has 90 valence electrons. The Balaban J connectivity index is 1.73. The van der Waals surface area contributed by atoms with E-state index in [9.17, 15) is 0 Å². The Labute approximate surface area is 101 Å². The first-order valence-electron chi connectivity index (χ1n) is 6.13. The van der Waals surface area contributed by atoms with Gasteiger partial charge in [-0.05, 0) is 24.7 Å². The highest BCUT2D eigenvalue weighted by Gasteiger charge is 2.33. The molecule has 0 aromatic carbocycles. The highest BCUT2D eigenvalue weighted by Crippen LogP contribution is 2.34. The van der Waals surface area contributed by atoms with E-state index in [-0.39, 0.29) is 0 Å². The van der Waals surface area contributed by atoms with Gasteiger partial charge in [0.2, 0.25) is 5.95 Å². The van der Waals surface area contributed by atoms with E-state index in [1.807, 2.05) is 0 Å². The lowest BCUT2D eigenvalue weighted by molar-refractivity contribution is 0.410. The van der Waals surface area contributed by atoms with Crippen molar-refractivity contribution < 1.29 is 4.74 Å². The summed E-state index contributed by atoms with van der Waals surface area (Å²) >= 11 is 0. The Morgan fingerprint density at radius 3 is 2.24 bits per heavy atom. The van der Waals surface area contributed by atoms with Crippen molar-refractivity contribution in [1.29, 1.82) is 0 Å². The van der Waals surface area contributed by atoms with Crippen molar-refractivity contribution in [1.82, 2.24) is 9.97 Å². The first-order chi connectivity index (χ1) is 8.36. The van der Waals surface area contributed by atoms with E-state index >= 15 is 0 Å². The predicted molar refractivity (Wildman–Crippen MR) is 66.2 cm³/mol. The lowest BCUT2D eigenvalue weighted by Crippen LogP contribution is -2.22. The molecule has 1 saturated heterocycles. The summed E-state index contributed by atoms with van der Waals surface area (Å²) in [6, 6.07) is 0. The van der Waals surface area contributed by atoms with Gasteiger partial charge in [-0.3, -0.25) is 0 Å². The van der Waals surface area contributed by atoms with Crippen molar-refractivity contribution in [3.63, 3.8) is 0 Å². The Bertz CT molecular complexity index is 399. The summed E-state index contributed by atoms with van der Waals surface area (Å²) in [5.74, 6) is 3.11. The lowest BCUT2D eigenvalue weighted by Gasteiger charge is -2.17. The molecule has 0 radical (unpaired) electrons. The maximum atomic E-state index is 5.07. The maximum absolute atomic E-state index is 5.07. The van der Waals surface area contributed by atoms with Gasteiger partial charge in [-0.1, -0.05) is 12.2 Å². The predicted octanol–water partition coefficient (Wildman–Crippen LogP) is 1.89. The average molecular weight is 231 g/mol. The van der Waals surface area contributed by atoms with Gasteiger partial charge in [0.25, 0.3) is 0 Å². The number of ether oxygens (including phenoxy) is 1. The van der Waals surface area contributed by atoms with E-state index in [4.69, 9.17) is 4.74 Å². The Morgan fingerprint density at radius 1 is 1.12 bits per heavy atom. The van der Waals surface area contributed by atoms with E-state index in [2.05, 4.69) is 27.0 Å². The van der Waals surface area contributed by atoms with Crippen LogP contribution in [0, 0.1) is 11.8 Å². The zero-order valence-corrected chi connectivity index (χ0v) is 10.0. The van der Waals surface area contributed by atoms with Crippen molar-refractivity contribution in [3.8, 4) is 5.75 Å². The highest BCUT2D eigenvalue weighted by molar-refractivity contribution is 5.34. The van der Waals surface area contributed by atoms with Crippen LogP contribution >= 0.6 is 0 Å². The number of methoxy groups -OCH3 is 1. The van der Waals surface area contributed by atoms with Crippen LogP contribution in [0.3, 0.4) is 0 Å². The molecule has 2 atom stereocenters. The zero-order chi connectivity index (χ0) is 11.7. The number of nitrogens with zero attached hydrogens (tertiary/aromatic N) is 3. The Hall–Kier alpha value is -1.58. The molecule has 0 saturated carbocycles. The molecule has 3 rings (SSSR count). The van der Waals surface area contributed by atoms with Crippen molar-refractivity contribution in [3.05, 3.63) is 24.5 Å². The number of allylic oxidation sites excluding steroid dienone is 2. The van der Waals surface area contributed by atoms with Crippen LogP contribution in [0.1, 0.15) is 12.8 Å². The second-order valence-corrected chi connectivity index (χ2v) is 4.79. The fraction of sp³-hybridized carbons (Fsp3) is 0.538. The van der Waals surface area contributed by atoms with Gasteiger partial charge in [0.15, 0.2) is 5.75 Å². The second-order valence-electron chi connectivity index (χ2n) is 4.79. The summed E-state index contributed by atoms with van der Waals surface area (Å²) < 4.78 is 5.07. The third kappa shape index (κ3) is 1.99. The minimum Gasteiger partial charge on any atom is -0.494 e. The summed E-state index contributed by atoms with van der Waals surface area (Å²) in [4.78, 5) is 11.0. The molecule has 4 nitrogen and oxygen atoms in total. The Kier molecular flexibility index (Phi) is 2.71. The van der Waals surface area contributed by atoms with Crippen LogP contribution in [0.4, 0.5) is 5.95 Å². The molecule has 0 bridgehead atoms. The van der Waals surface area contributed by atoms with Crippen LogP contribution in [-0.2, 0) is 0 Å². The van der Waals surface area contributed by atoms with E-state index < -0.39 is 0 Å². The quantitative estimate of drug-likeness (QED) is 0.728. The fourth-order valence-corrected chi connectivity index (χ4v) is 2.76. The van der Waals surface area contributed by atoms with Crippen LogP contribution in [0.5, 0.6) is 5.75 Å². The number of fused-ring (bicyclic) bond motifs is 1. The van der Waals surface area contributed by atoms with Gasteiger partial charge in [-0.15, -0.1) is 0 Å². The van der Waals surface area contributed by atoms with Crippen LogP contribution in [0.2, 0.25) is 0 Å². The van der Waals surface area contributed by atoms with Gasteiger partial charge in [0.1, 0.15) is 0 Å². The van der Waals surface area contributed by atoms with Gasteiger partial charge in [-0.25, -0.2) is 9.97 Å². The normalized spacial score (nSPS) is 27.0. The largest absolute Gasteiger partial charge is 0.494 e. The third-order valence-corrected chi connectivity index (χ3v) is 3.75. The highest BCUT2D eigenvalue weighted by atomic mass is 16.5. The molecule has 0 amide bonds. The summed E-state index contributed by atoms with van der Waals surface area (Å²) in [7, 11) is 1.63. The molecule has 1 aromatic rings. The first kappa shape index (κ1) is 10.6. The Morgan fingerprint density at radius 2 is 1.71 bits per heavy atom. The number of hydrogen-bond donors (Lipinski definition) is 0. The first-order valence-corrected chi connectivity index (χ1v) is 6.13. The van der Waals surface area contributed by atoms with Crippen LogP contribution in [-0.4, -0.2) is 30.2 Å². The van der Waals surface area contributed by atoms with Gasteiger partial charge >= 0.3 is 0 Å². The third-order valence-electron chi connectivity index (χ3n) is 3.75. The molecule has 1 aromatic heterocycles. The van der Waals surface area contributed by atoms with Gasteiger partial charge in [0.05, 0.1) is 19.5 Å². The van der Waals surface area contributed by atoms with E-state index in [0.717, 1.165) is 30.9 Å². The molecule has 2 heterocycles. The van der Waals surface area contributed by atoms with Crippen LogP contribution in [0.15, 0.2) is 24.5 Å². The minimum absolute atomic E-state index is 0.715. The summed E-state index contributed by atoms with van der Waals surface area (Å²) in [6.45, 7) is 2.17.